The first-order valence-electron chi connectivity index (χ1n) is 10.3. The van der Waals surface area contributed by atoms with Gasteiger partial charge in [0.2, 0.25) is 0 Å². The molecule has 2 amide bonds. The maximum Gasteiger partial charge on any atom is 0.352 e. The van der Waals surface area contributed by atoms with Crippen LogP contribution in [0.1, 0.15) is 35.4 Å². The molecule has 170 valence electrons. The van der Waals surface area contributed by atoms with Crippen LogP contribution in [0.3, 0.4) is 0 Å². The van der Waals surface area contributed by atoms with Gasteiger partial charge in [-0.2, -0.15) is 0 Å². The van der Waals surface area contributed by atoms with Crippen LogP contribution in [0.15, 0.2) is 48.7 Å². The molecule has 0 unspecified atom stereocenters. The van der Waals surface area contributed by atoms with Gasteiger partial charge in [0.25, 0.3) is 0 Å². The second-order valence-corrected chi connectivity index (χ2v) is 7.57. The lowest BCUT2D eigenvalue weighted by molar-refractivity contribution is 0.216. The number of methoxy groups -OCH3 is 1. The van der Waals surface area contributed by atoms with Crippen LogP contribution in [0.25, 0.3) is 0 Å². The molecule has 0 bridgehead atoms. The van der Waals surface area contributed by atoms with Gasteiger partial charge in [0, 0.05) is 14.1 Å². The smallest absolute Gasteiger partial charge is 0.352 e. The molecule has 2 aromatic carbocycles. The van der Waals surface area contributed by atoms with Crippen molar-refractivity contribution in [2.24, 2.45) is 11.7 Å². The summed E-state index contributed by atoms with van der Waals surface area (Å²) in [6.45, 7) is 0.144. The average Bonchev–Trinajstić information content (AvgIpc) is 3.65. The number of benzene rings is 2. The normalized spacial score (nSPS) is 13.0. The van der Waals surface area contributed by atoms with Gasteiger partial charge in [0.1, 0.15) is 18.1 Å². The van der Waals surface area contributed by atoms with Gasteiger partial charge < -0.3 is 20.2 Å². The number of hydrogen-bond donors (Lipinski definition) is 4. The highest BCUT2D eigenvalue weighted by Crippen LogP contribution is 2.45. The summed E-state index contributed by atoms with van der Waals surface area (Å²) in [6, 6.07) is 10.4. The Bertz CT molecular complexity index is 1020. The third-order valence-electron chi connectivity index (χ3n) is 5.22. The van der Waals surface area contributed by atoms with E-state index in [2.05, 4.69) is 5.32 Å². The molecule has 0 aromatic heterocycles. The molecule has 0 saturated heterocycles. The maximum absolute atomic E-state index is 12.3. The molecule has 0 radical (unpaired) electrons. The minimum atomic E-state index is -0.573. The molecule has 2 aromatic rings. The molecule has 0 atom stereocenters. The van der Waals surface area contributed by atoms with Crippen LogP contribution in [-0.4, -0.2) is 38.0 Å². The van der Waals surface area contributed by atoms with Crippen LogP contribution in [-0.2, 0) is 6.61 Å². The van der Waals surface area contributed by atoms with E-state index in [4.69, 9.17) is 26.6 Å². The third kappa shape index (κ3) is 5.19. The highest BCUT2D eigenvalue weighted by Gasteiger charge is 2.28. The van der Waals surface area contributed by atoms with Gasteiger partial charge in [0.05, 0.1) is 24.1 Å². The summed E-state index contributed by atoms with van der Waals surface area (Å²) >= 11 is 0. The molecule has 3 rings (SSSR count). The summed E-state index contributed by atoms with van der Waals surface area (Å²) in [6.07, 6.45) is 5.63. The molecule has 6 N–H and O–H groups in total. The first-order chi connectivity index (χ1) is 15.4. The molecular formula is C23H30N6O3. The van der Waals surface area contributed by atoms with Gasteiger partial charge in [-0.3, -0.25) is 5.01 Å². The van der Waals surface area contributed by atoms with Crippen molar-refractivity contribution >= 4 is 17.4 Å². The van der Waals surface area contributed by atoms with Crippen molar-refractivity contribution in [1.29, 1.82) is 5.41 Å². The molecule has 9 heteroatoms. The Morgan fingerprint density at radius 1 is 1.25 bits per heavy atom. The number of anilines is 1. The Kier molecular flexibility index (Phi) is 7.34. The fourth-order valence-corrected chi connectivity index (χ4v) is 3.36. The molecule has 1 fully saturated rings. The van der Waals surface area contributed by atoms with Crippen molar-refractivity contribution in [1.82, 2.24) is 10.3 Å². The third-order valence-corrected chi connectivity index (χ3v) is 5.22. The highest BCUT2D eigenvalue weighted by atomic mass is 16.5. The minimum absolute atomic E-state index is 0.144. The number of rotatable bonds is 9. The largest absolute Gasteiger partial charge is 0.496 e. The zero-order chi connectivity index (χ0) is 23.3. The van der Waals surface area contributed by atoms with E-state index >= 15 is 0 Å². The van der Waals surface area contributed by atoms with Crippen molar-refractivity contribution in [2.75, 3.05) is 26.2 Å². The Morgan fingerprint density at radius 3 is 2.62 bits per heavy atom. The van der Waals surface area contributed by atoms with E-state index in [1.165, 1.54) is 7.05 Å². The van der Waals surface area contributed by atoms with Crippen molar-refractivity contribution < 1.29 is 14.3 Å². The minimum Gasteiger partial charge on any atom is -0.496 e. The Morgan fingerprint density at radius 2 is 2.00 bits per heavy atom. The maximum atomic E-state index is 12.3. The van der Waals surface area contributed by atoms with Crippen molar-refractivity contribution in [3.8, 4) is 11.5 Å². The highest BCUT2D eigenvalue weighted by molar-refractivity contribution is 6.06. The van der Waals surface area contributed by atoms with E-state index in [-0.39, 0.29) is 6.61 Å². The van der Waals surface area contributed by atoms with Crippen molar-refractivity contribution in [3.05, 3.63) is 65.4 Å². The summed E-state index contributed by atoms with van der Waals surface area (Å²) < 4.78 is 11.7. The summed E-state index contributed by atoms with van der Waals surface area (Å²) in [5.41, 5.74) is 3.39. The number of carbonyl (C=O) groups excluding carboxylic acids is 1. The van der Waals surface area contributed by atoms with Gasteiger partial charge >= 0.3 is 6.03 Å². The number of nitrogens with one attached hydrogen (secondary N) is 2. The topological polar surface area (TPSA) is 130 Å². The summed E-state index contributed by atoms with van der Waals surface area (Å²) in [7, 11) is 4.77. The van der Waals surface area contributed by atoms with Crippen LogP contribution in [0.5, 0.6) is 11.5 Å². The molecular weight excluding hydrogens is 408 g/mol. The first kappa shape index (κ1) is 23.1. The van der Waals surface area contributed by atoms with E-state index in [0.29, 0.717) is 28.6 Å². The van der Waals surface area contributed by atoms with Crippen LogP contribution in [0, 0.1) is 5.41 Å². The quantitative estimate of drug-likeness (QED) is 0.206. The van der Waals surface area contributed by atoms with Gasteiger partial charge in [-0.25, -0.2) is 21.5 Å². The standard InChI is InChI=1S/C23H30N6O3/c1-27-12-11-19(24)16-9-10-22(17(13-16)15-7-8-15)32-14-18-20(5-4-6-21(18)31-3)29(26)23(30)28(2)25/h4-6,9-13,15,24,27H,7-8,14,25-26H2,1-3H3/b12-11-,24-19?. The van der Waals surface area contributed by atoms with Gasteiger partial charge in [-0.1, -0.05) is 6.07 Å². The lowest BCUT2D eigenvalue weighted by Crippen LogP contribution is -2.49. The average molecular weight is 439 g/mol. The lowest BCUT2D eigenvalue weighted by Gasteiger charge is -2.24. The van der Waals surface area contributed by atoms with E-state index in [1.54, 1.807) is 44.6 Å². The number of allylic oxidation sites excluding steroid dienone is 1. The molecule has 1 aliphatic rings. The summed E-state index contributed by atoms with van der Waals surface area (Å²) in [4.78, 5) is 12.3. The Balaban J connectivity index is 1.89. The Labute approximate surface area is 188 Å². The molecule has 0 aliphatic heterocycles. The number of hydrogen-bond acceptors (Lipinski definition) is 7. The number of nitrogens with two attached hydrogens (primary N) is 2. The predicted molar refractivity (Wildman–Crippen MR) is 125 cm³/mol. The van der Waals surface area contributed by atoms with Gasteiger partial charge in [-0.15, -0.1) is 0 Å². The van der Waals surface area contributed by atoms with E-state index in [9.17, 15) is 4.79 Å². The van der Waals surface area contributed by atoms with E-state index < -0.39 is 6.03 Å². The fraction of sp³-hybridized carbons (Fsp3) is 0.304. The number of amides is 2. The second-order valence-electron chi connectivity index (χ2n) is 7.57. The number of carbonyl (C=O) groups is 1. The van der Waals surface area contributed by atoms with Crippen LogP contribution in [0.4, 0.5) is 10.5 Å². The van der Waals surface area contributed by atoms with Crippen LogP contribution >= 0.6 is 0 Å². The molecule has 1 saturated carbocycles. The zero-order valence-corrected chi connectivity index (χ0v) is 18.6. The van der Waals surface area contributed by atoms with Gasteiger partial charge in [-0.05, 0) is 72.5 Å². The predicted octanol–water partition coefficient (Wildman–Crippen LogP) is 2.86. The molecule has 32 heavy (non-hydrogen) atoms. The molecule has 1 aliphatic carbocycles. The SMILES string of the molecule is CN/C=C\C(=N)c1ccc(OCc2c(OC)cccc2N(N)C(=O)N(C)N)c(C2CC2)c1. The fourth-order valence-electron chi connectivity index (χ4n) is 3.36. The molecule has 0 spiro atoms. The monoisotopic (exact) mass is 438 g/mol. The molecule has 9 nitrogen and oxygen atoms in total. The summed E-state index contributed by atoms with van der Waals surface area (Å²) in [5, 5.41) is 13.0. The van der Waals surface area contributed by atoms with Crippen molar-refractivity contribution in [3.63, 3.8) is 0 Å². The number of urea groups is 1. The second kappa shape index (κ2) is 10.2. The summed E-state index contributed by atoms with van der Waals surface area (Å²) in [5.74, 6) is 13.3. The number of hydrazine groups is 2. The van der Waals surface area contributed by atoms with E-state index in [0.717, 1.165) is 39.7 Å². The van der Waals surface area contributed by atoms with E-state index in [1.807, 2.05) is 18.2 Å². The van der Waals surface area contributed by atoms with Gasteiger partial charge in [0.15, 0.2) is 0 Å². The van der Waals surface area contributed by atoms with Crippen molar-refractivity contribution in [2.45, 2.75) is 25.4 Å². The number of nitrogens with zero attached hydrogens (tertiary/aromatic N) is 2. The molecule has 0 heterocycles. The first-order valence-corrected chi connectivity index (χ1v) is 10.3. The Hall–Kier alpha value is -3.56. The lowest BCUT2D eigenvalue weighted by atomic mass is 10.0. The van der Waals surface area contributed by atoms with Crippen LogP contribution in [0.2, 0.25) is 0 Å². The zero-order valence-electron chi connectivity index (χ0n) is 18.6. The van der Waals surface area contributed by atoms with Crippen LogP contribution < -0.4 is 31.5 Å². The number of ether oxygens (including phenoxy) is 2.